The molecule has 1 aliphatic rings. The van der Waals surface area contributed by atoms with Crippen LogP contribution in [0, 0.1) is 0 Å². The quantitative estimate of drug-likeness (QED) is 0.688. The highest BCUT2D eigenvalue weighted by molar-refractivity contribution is 6.30. The SMILES string of the molecule is O=C(Nc1cncc(-c2ccc(Cl)cc2)c1)c1ccnc(C(=O)NC2CC2)c1. The second kappa shape index (κ2) is 7.78. The Balaban J connectivity index is 1.50. The second-order valence-corrected chi connectivity index (χ2v) is 7.04. The standard InChI is InChI=1S/C21H17ClN4O2/c22-16-3-1-13(2-4-16)15-9-18(12-23-11-15)26-20(27)14-7-8-24-19(10-14)21(28)25-17-5-6-17/h1-4,7-12,17H,5-6H2,(H,25,28)(H,26,27). The molecule has 0 radical (unpaired) electrons. The van der Waals surface area contributed by atoms with Crippen molar-refractivity contribution in [2.45, 2.75) is 18.9 Å². The third kappa shape index (κ3) is 4.35. The molecule has 1 saturated carbocycles. The number of benzene rings is 1. The molecule has 0 saturated heterocycles. The molecule has 1 aromatic carbocycles. The molecule has 2 N–H and O–H groups in total. The van der Waals surface area contributed by atoms with Crippen LogP contribution in [0.4, 0.5) is 5.69 Å². The maximum absolute atomic E-state index is 12.6. The predicted molar refractivity (Wildman–Crippen MR) is 107 cm³/mol. The zero-order chi connectivity index (χ0) is 19.5. The van der Waals surface area contributed by atoms with E-state index in [-0.39, 0.29) is 23.6 Å². The van der Waals surface area contributed by atoms with Gasteiger partial charge in [-0.25, -0.2) is 0 Å². The number of amides is 2. The molecular weight excluding hydrogens is 376 g/mol. The molecule has 0 bridgehead atoms. The maximum atomic E-state index is 12.6. The number of aromatic nitrogens is 2. The molecular formula is C21H17ClN4O2. The molecule has 0 unspecified atom stereocenters. The lowest BCUT2D eigenvalue weighted by molar-refractivity contribution is 0.0946. The van der Waals surface area contributed by atoms with Gasteiger partial charge < -0.3 is 10.6 Å². The number of halogens is 1. The predicted octanol–water partition coefficient (Wildman–Crippen LogP) is 3.94. The summed E-state index contributed by atoms with van der Waals surface area (Å²) in [5.74, 6) is -0.596. The largest absolute Gasteiger partial charge is 0.348 e. The fourth-order valence-corrected chi connectivity index (χ4v) is 2.82. The number of nitrogens with zero attached hydrogens (tertiary/aromatic N) is 2. The minimum atomic E-state index is -0.335. The van der Waals surface area contributed by atoms with Crippen molar-refractivity contribution in [3.8, 4) is 11.1 Å². The van der Waals surface area contributed by atoms with E-state index in [1.165, 1.54) is 12.3 Å². The van der Waals surface area contributed by atoms with Crippen molar-refractivity contribution in [1.29, 1.82) is 0 Å². The Morgan fingerprint density at radius 1 is 0.964 bits per heavy atom. The van der Waals surface area contributed by atoms with Crippen molar-refractivity contribution in [1.82, 2.24) is 15.3 Å². The average Bonchev–Trinajstić information content (AvgIpc) is 3.53. The molecule has 1 aliphatic carbocycles. The molecule has 3 aromatic rings. The lowest BCUT2D eigenvalue weighted by Crippen LogP contribution is -2.26. The number of carbonyl (C=O) groups is 2. The average molecular weight is 393 g/mol. The zero-order valence-electron chi connectivity index (χ0n) is 14.9. The third-order valence-electron chi connectivity index (χ3n) is 4.34. The van der Waals surface area contributed by atoms with Crippen LogP contribution in [-0.4, -0.2) is 27.8 Å². The summed E-state index contributed by atoms with van der Waals surface area (Å²) >= 11 is 5.93. The van der Waals surface area contributed by atoms with E-state index in [9.17, 15) is 9.59 Å². The summed E-state index contributed by atoms with van der Waals surface area (Å²) in [6.45, 7) is 0. The highest BCUT2D eigenvalue weighted by Crippen LogP contribution is 2.23. The summed E-state index contributed by atoms with van der Waals surface area (Å²) in [6.07, 6.45) is 6.72. The van der Waals surface area contributed by atoms with Gasteiger partial charge in [-0.2, -0.15) is 0 Å². The van der Waals surface area contributed by atoms with Crippen LogP contribution in [0.15, 0.2) is 61.1 Å². The maximum Gasteiger partial charge on any atom is 0.270 e. The fraction of sp³-hybridized carbons (Fsp3) is 0.143. The number of hydrogen-bond acceptors (Lipinski definition) is 4. The Bertz CT molecular complexity index is 1030. The lowest BCUT2D eigenvalue weighted by atomic mass is 10.1. The topological polar surface area (TPSA) is 84.0 Å². The molecule has 1 fully saturated rings. The molecule has 2 heterocycles. The van der Waals surface area contributed by atoms with Crippen molar-refractivity contribution in [2.24, 2.45) is 0 Å². The van der Waals surface area contributed by atoms with Crippen LogP contribution in [0.2, 0.25) is 5.02 Å². The minimum absolute atomic E-state index is 0.229. The number of hydrogen-bond donors (Lipinski definition) is 2. The van der Waals surface area contributed by atoms with Gasteiger partial charge in [-0.1, -0.05) is 23.7 Å². The van der Waals surface area contributed by atoms with Gasteiger partial charge in [-0.05, 0) is 48.7 Å². The van der Waals surface area contributed by atoms with E-state index >= 15 is 0 Å². The second-order valence-electron chi connectivity index (χ2n) is 6.60. The Labute approximate surface area is 167 Å². The smallest absolute Gasteiger partial charge is 0.270 e. The van der Waals surface area contributed by atoms with E-state index in [2.05, 4.69) is 20.6 Å². The first-order chi connectivity index (χ1) is 13.6. The number of anilines is 1. The Morgan fingerprint density at radius 2 is 1.75 bits per heavy atom. The van der Waals surface area contributed by atoms with E-state index in [0.29, 0.717) is 16.3 Å². The number of pyridine rings is 2. The molecule has 6 nitrogen and oxygen atoms in total. The summed E-state index contributed by atoms with van der Waals surface area (Å²) in [4.78, 5) is 33.0. The van der Waals surface area contributed by atoms with Gasteiger partial charge in [-0.15, -0.1) is 0 Å². The first-order valence-corrected chi connectivity index (χ1v) is 9.25. The Kier molecular flexibility index (Phi) is 5.04. The van der Waals surface area contributed by atoms with Gasteiger partial charge in [0.15, 0.2) is 0 Å². The van der Waals surface area contributed by atoms with E-state index in [4.69, 9.17) is 11.6 Å². The highest BCUT2D eigenvalue weighted by Gasteiger charge is 2.24. The summed E-state index contributed by atoms with van der Waals surface area (Å²) in [6, 6.07) is 12.5. The van der Waals surface area contributed by atoms with Gasteiger partial charge in [0.1, 0.15) is 5.69 Å². The van der Waals surface area contributed by atoms with Gasteiger partial charge >= 0.3 is 0 Å². The third-order valence-corrected chi connectivity index (χ3v) is 4.59. The number of nitrogens with one attached hydrogen (secondary N) is 2. The Morgan fingerprint density at radius 3 is 2.50 bits per heavy atom. The van der Waals surface area contributed by atoms with Crippen LogP contribution in [-0.2, 0) is 0 Å². The molecule has 140 valence electrons. The first kappa shape index (κ1) is 18.1. The van der Waals surface area contributed by atoms with Gasteiger partial charge in [0, 0.05) is 34.6 Å². The van der Waals surface area contributed by atoms with Crippen LogP contribution >= 0.6 is 11.6 Å². The van der Waals surface area contributed by atoms with Crippen molar-refractivity contribution < 1.29 is 9.59 Å². The lowest BCUT2D eigenvalue weighted by Gasteiger charge is -2.08. The van der Waals surface area contributed by atoms with Crippen LogP contribution in [0.25, 0.3) is 11.1 Å². The van der Waals surface area contributed by atoms with Gasteiger partial charge in [0.2, 0.25) is 0 Å². The van der Waals surface area contributed by atoms with Crippen LogP contribution in [0.3, 0.4) is 0 Å². The van der Waals surface area contributed by atoms with Gasteiger partial charge in [0.25, 0.3) is 11.8 Å². The first-order valence-electron chi connectivity index (χ1n) is 8.88. The minimum Gasteiger partial charge on any atom is -0.348 e. The molecule has 2 amide bonds. The van der Waals surface area contributed by atoms with E-state index in [0.717, 1.165) is 24.0 Å². The van der Waals surface area contributed by atoms with Crippen LogP contribution in [0.1, 0.15) is 33.7 Å². The summed E-state index contributed by atoms with van der Waals surface area (Å²) in [7, 11) is 0. The summed E-state index contributed by atoms with van der Waals surface area (Å²) < 4.78 is 0. The highest BCUT2D eigenvalue weighted by atomic mass is 35.5. The molecule has 0 spiro atoms. The molecule has 7 heteroatoms. The number of rotatable bonds is 5. The summed E-state index contributed by atoms with van der Waals surface area (Å²) in [5.41, 5.74) is 2.93. The summed E-state index contributed by atoms with van der Waals surface area (Å²) in [5, 5.41) is 6.33. The fourth-order valence-electron chi connectivity index (χ4n) is 2.69. The zero-order valence-corrected chi connectivity index (χ0v) is 15.6. The Hall–Kier alpha value is -3.25. The number of carbonyl (C=O) groups excluding carboxylic acids is 2. The van der Waals surface area contributed by atoms with Crippen molar-refractivity contribution in [2.75, 3.05) is 5.32 Å². The molecule has 2 aromatic heterocycles. The van der Waals surface area contributed by atoms with Gasteiger partial charge in [0.05, 0.1) is 11.9 Å². The van der Waals surface area contributed by atoms with Crippen molar-refractivity contribution in [3.05, 3.63) is 77.3 Å². The van der Waals surface area contributed by atoms with Gasteiger partial charge in [-0.3, -0.25) is 19.6 Å². The normalized spacial score (nSPS) is 13.0. The van der Waals surface area contributed by atoms with Crippen LogP contribution < -0.4 is 10.6 Å². The van der Waals surface area contributed by atoms with E-state index < -0.39 is 0 Å². The van der Waals surface area contributed by atoms with E-state index in [1.807, 2.05) is 18.2 Å². The van der Waals surface area contributed by atoms with Crippen LogP contribution in [0.5, 0.6) is 0 Å². The molecule has 0 aliphatic heterocycles. The molecule has 28 heavy (non-hydrogen) atoms. The van der Waals surface area contributed by atoms with Crippen molar-refractivity contribution in [3.63, 3.8) is 0 Å². The van der Waals surface area contributed by atoms with Crippen molar-refractivity contribution >= 4 is 29.1 Å². The van der Waals surface area contributed by atoms with E-state index in [1.54, 1.807) is 30.6 Å². The molecule has 0 atom stereocenters. The monoisotopic (exact) mass is 392 g/mol. The molecule has 4 rings (SSSR count).